The van der Waals surface area contributed by atoms with Gasteiger partial charge in [-0.05, 0) is 31.2 Å². The molecule has 0 aromatic heterocycles. The fourth-order valence-electron chi connectivity index (χ4n) is 1.93. The lowest BCUT2D eigenvalue weighted by Gasteiger charge is -2.10. The van der Waals surface area contributed by atoms with E-state index in [0.717, 1.165) is 17.7 Å². The van der Waals surface area contributed by atoms with Gasteiger partial charge in [-0.2, -0.15) is 4.39 Å². The van der Waals surface area contributed by atoms with Crippen LogP contribution in [0, 0.1) is 22.9 Å². The van der Waals surface area contributed by atoms with Gasteiger partial charge in [-0.25, -0.2) is 0 Å². The molecule has 0 unspecified atom stereocenters. The van der Waals surface area contributed by atoms with Gasteiger partial charge in [0.15, 0.2) is 0 Å². The average Bonchev–Trinajstić information content (AvgIpc) is 2.48. The maximum Gasteiger partial charge on any atom is 0.306 e. The molecule has 2 aromatic rings. The second kappa shape index (κ2) is 6.21. The van der Waals surface area contributed by atoms with Crippen LogP contribution in [0.2, 0.25) is 0 Å². The number of carbonyl (C=O) groups excluding carboxylic acids is 1. The number of rotatable bonds is 4. The average molecular weight is 304 g/mol. The van der Waals surface area contributed by atoms with Gasteiger partial charge in [0, 0.05) is 11.8 Å². The molecule has 0 heterocycles. The van der Waals surface area contributed by atoms with Crippen LogP contribution in [0.5, 0.6) is 5.75 Å². The zero-order valence-corrected chi connectivity index (χ0v) is 11.9. The van der Waals surface area contributed by atoms with Crippen LogP contribution in [0.3, 0.4) is 0 Å². The van der Waals surface area contributed by atoms with Gasteiger partial charge in [0.1, 0.15) is 5.75 Å². The Labute approximate surface area is 125 Å². The molecular formula is C15H13FN2O4. The molecule has 114 valence electrons. The summed E-state index contributed by atoms with van der Waals surface area (Å²) < 4.78 is 18.4. The molecule has 0 bridgehead atoms. The topological polar surface area (TPSA) is 81.5 Å². The highest BCUT2D eigenvalue weighted by Crippen LogP contribution is 2.24. The Balaban J connectivity index is 2.31. The molecule has 1 N–H and O–H groups in total. The molecule has 0 atom stereocenters. The van der Waals surface area contributed by atoms with E-state index in [1.165, 1.54) is 13.2 Å². The van der Waals surface area contributed by atoms with Crippen molar-refractivity contribution in [3.05, 3.63) is 63.5 Å². The fourth-order valence-corrected chi connectivity index (χ4v) is 1.93. The predicted octanol–water partition coefficient (Wildman–Crippen LogP) is 3.30. The summed E-state index contributed by atoms with van der Waals surface area (Å²) in [5.41, 5.74) is 0.571. The highest BCUT2D eigenvalue weighted by atomic mass is 19.1. The lowest BCUT2D eigenvalue weighted by Crippen LogP contribution is -2.13. The fraction of sp³-hybridized carbons (Fsp3) is 0.133. The van der Waals surface area contributed by atoms with Crippen LogP contribution in [0.4, 0.5) is 15.8 Å². The Morgan fingerprint density at radius 3 is 2.64 bits per heavy atom. The predicted molar refractivity (Wildman–Crippen MR) is 78.7 cm³/mol. The van der Waals surface area contributed by atoms with Crippen molar-refractivity contribution in [3.8, 4) is 5.75 Å². The molecule has 0 aliphatic carbocycles. The second-order valence-corrected chi connectivity index (χ2v) is 4.58. The van der Waals surface area contributed by atoms with Crippen molar-refractivity contribution >= 4 is 17.3 Å². The quantitative estimate of drug-likeness (QED) is 0.694. The summed E-state index contributed by atoms with van der Waals surface area (Å²) in [6, 6.07) is 8.22. The van der Waals surface area contributed by atoms with Crippen molar-refractivity contribution in [3.63, 3.8) is 0 Å². The third kappa shape index (κ3) is 3.20. The molecule has 0 aliphatic rings. The number of nitro benzene ring substituents is 1. The van der Waals surface area contributed by atoms with Crippen molar-refractivity contribution in [1.29, 1.82) is 0 Å². The Morgan fingerprint density at radius 2 is 2.00 bits per heavy atom. The molecule has 0 saturated carbocycles. The van der Waals surface area contributed by atoms with Crippen LogP contribution < -0.4 is 10.1 Å². The Morgan fingerprint density at radius 1 is 1.27 bits per heavy atom. The van der Waals surface area contributed by atoms with E-state index in [1.54, 1.807) is 18.2 Å². The summed E-state index contributed by atoms with van der Waals surface area (Å²) in [6.07, 6.45) is 0. The minimum absolute atomic E-state index is 0.127. The second-order valence-electron chi connectivity index (χ2n) is 4.58. The van der Waals surface area contributed by atoms with E-state index < -0.39 is 22.3 Å². The van der Waals surface area contributed by atoms with Gasteiger partial charge < -0.3 is 10.1 Å². The number of nitrogens with one attached hydrogen (secondary N) is 1. The number of aryl methyl sites for hydroxylation is 1. The molecule has 0 spiro atoms. The molecule has 7 heteroatoms. The largest absolute Gasteiger partial charge is 0.496 e. The number of anilines is 1. The Bertz CT molecular complexity index is 746. The molecule has 2 aromatic carbocycles. The van der Waals surface area contributed by atoms with E-state index in [2.05, 4.69) is 5.32 Å². The normalized spacial score (nSPS) is 10.1. The minimum atomic E-state index is -0.962. The molecule has 2 rings (SSSR count). The van der Waals surface area contributed by atoms with Crippen molar-refractivity contribution in [2.75, 3.05) is 12.4 Å². The number of benzene rings is 2. The van der Waals surface area contributed by atoms with Crippen LogP contribution in [0.15, 0.2) is 36.4 Å². The molecular weight excluding hydrogens is 291 g/mol. The lowest BCUT2D eigenvalue weighted by atomic mass is 10.1. The van der Waals surface area contributed by atoms with Gasteiger partial charge in [-0.1, -0.05) is 11.6 Å². The van der Waals surface area contributed by atoms with E-state index in [9.17, 15) is 19.3 Å². The first-order valence-electron chi connectivity index (χ1n) is 6.32. The number of ether oxygens (including phenoxy) is 1. The molecule has 6 nitrogen and oxygen atoms in total. The third-order valence-electron chi connectivity index (χ3n) is 3.00. The van der Waals surface area contributed by atoms with Gasteiger partial charge in [0.2, 0.25) is 5.82 Å². The van der Waals surface area contributed by atoms with E-state index in [4.69, 9.17) is 4.74 Å². The van der Waals surface area contributed by atoms with E-state index in [0.29, 0.717) is 5.75 Å². The molecule has 0 aliphatic heterocycles. The number of amides is 1. The van der Waals surface area contributed by atoms with Crippen LogP contribution >= 0.6 is 0 Å². The van der Waals surface area contributed by atoms with Crippen molar-refractivity contribution < 1.29 is 18.8 Å². The Hall–Kier alpha value is -2.96. The van der Waals surface area contributed by atoms with Gasteiger partial charge in [-0.3, -0.25) is 14.9 Å². The van der Waals surface area contributed by atoms with E-state index in [1.807, 2.05) is 6.92 Å². The monoisotopic (exact) mass is 304 g/mol. The summed E-state index contributed by atoms with van der Waals surface area (Å²) in [5.74, 6) is -1.09. The van der Waals surface area contributed by atoms with Crippen LogP contribution in [-0.4, -0.2) is 17.9 Å². The number of hydrogen-bond acceptors (Lipinski definition) is 4. The van der Waals surface area contributed by atoms with Crippen LogP contribution in [0.1, 0.15) is 15.9 Å². The number of nitro groups is 1. The zero-order valence-electron chi connectivity index (χ0n) is 11.9. The molecule has 0 radical (unpaired) electrons. The van der Waals surface area contributed by atoms with Crippen molar-refractivity contribution in [2.24, 2.45) is 0 Å². The van der Waals surface area contributed by atoms with Crippen molar-refractivity contribution in [1.82, 2.24) is 0 Å². The lowest BCUT2D eigenvalue weighted by molar-refractivity contribution is -0.387. The first-order chi connectivity index (χ1) is 10.4. The first kappa shape index (κ1) is 15.4. The highest BCUT2D eigenvalue weighted by molar-refractivity contribution is 6.06. The Kier molecular flexibility index (Phi) is 4.36. The van der Waals surface area contributed by atoms with Gasteiger partial charge in [0.05, 0.1) is 17.6 Å². The van der Waals surface area contributed by atoms with Gasteiger partial charge in [0.25, 0.3) is 5.91 Å². The number of nitrogens with zero attached hydrogens (tertiary/aromatic N) is 1. The summed E-state index contributed by atoms with van der Waals surface area (Å²) >= 11 is 0. The van der Waals surface area contributed by atoms with Crippen LogP contribution in [-0.2, 0) is 0 Å². The smallest absolute Gasteiger partial charge is 0.306 e. The number of methoxy groups -OCH3 is 1. The molecule has 0 fully saturated rings. The van der Waals surface area contributed by atoms with Gasteiger partial charge >= 0.3 is 5.69 Å². The molecule has 1 amide bonds. The number of hydrogen-bond donors (Lipinski definition) is 1. The summed E-state index contributed by atoms with van der Waals surface area (Å²) in [7, 11) is 1.43. The third-order valence-corrected chi connectivity index (χ3v) is 3.00. The maximum atomic E-state index is 13.3. The summed E-state index contributed by atoms with van der Waals surface area (Å²) in [5, 5.41) is 13.2. The highest BCUT2D eigenvalue weighted by Gasteiger charge is 2.17. The maximum absolute atomic E-state index is 13.3. The zero-order chi connectivity index (χ0) is 16.3. The molecule has 22 heavy (non-hydrogen) atoms. The van der Waals surface area contributed by atoms with E-state index >= 15 is 0 Å². The van der Waals surface area contributed by atoms with E-state index in [-0.39, 0.29) is 11.3 Å². The van der Waals surface area contributed by atoms with Crippen LogP contribution in [0.25, 0.3) is 0 Å². The number of carbonyl (C=O) groups is 1. The summed E-state index contributed by atoms with van der Waals surface area (Å²) in [6.45, 7) is 1.82. The van der Waals surface area contributed by atoms with Crippen molar-refractivity contribution in [2.45, 2.75) is 6.92 Å². The minimum Gasteiger partial charge on any atom is -0.496 e. The molecule has 0 saturated heterocycles. The summed E-state index contributed by atoms with van der Waals surface area (Å²) in [4.78, 5) is 22.1. The standard InChI is InChI=1S/C15H13FN2O4/c1-9-3-6-14(22-2)11(7-9)15(19)17-10-4-5-12(16)13(8-10)18(20)21/h3-8H,1-2H3,(H,17,19). The number of halogens is 1. The first-order valence-corrected chi connectivity index (χ1v) is 6.32. The SMILES string of the molecule is COc1ccc(C)cc1C(=O)Nc1ccc(F)c([N+](=O)[O-])c1. The van der Waals surface area contributed by atoms with Gasteiger partial charge in [-0.15, -0.1) is 0 Å².